The summed E-state index contributed by atoms with van der Waals surface area (Å²) in [7, 11) is 1.26. The normalized spacial score (nSPS) is 11.7. The van der Waals surface area contributed by atoms with Crippen LogP contribution in [0.25, 0.3) is 0 Å². The maximum Gasteiger partial charge on any atom is 0.325 e. The molecule has 0 fully saturated rings. The Balaban J connectivity index is 1.91. The number of thiocarbonyl (C=S) groups is 1. The number of rotatable bonds is 3. The van der Waals surface area contributed by atoms with Gasteiger partial charge < -0.3 is 19.5 Å². The van der Waals surface area contributed by atoms with Crippen molar-refractivity contribution < 1.29 is 23.8 Å². The summed E-state index contributed by atoms with van der Waals surface area (Å²) in [6, 6.07) is 4.79. The van der Waals surface area contributed by atoms with Gasteiger partial charge in [-0.15, -0.1) is 0 Å². The number of amides is 1. The summed E-state index contributed by atoms with van der Waals surface area (Å²) in [5.74, 6) is 0.203. The fraction of sp³-hybridized carbons (Fsp3) is 0.250. The van der Waals surface area contributed by atoms with Gasteiger partial charge in [0.2, 0.25) is 6.79 Å². The molecule has 0 unspecified atom stereocenters. The van der Waals surface area contributed by atoms with E-state index in [1.807, 2.05) is 0 Å². The molecule has 8 heteroatoms. The van der Waals surface area contributed by atoms with Crippen LogP contribution in [0, 0.1) is 0 Å². The van der Waals surface area contributed by atoms with Gasteiger partial charge in [-0.1, -0.05) is 0 Å². The van der Waals surface area contributed by atoms with Crippen molar-refractivity contribution in [3.63, 3.8) is 0 Å². The first-order valence-corrected chi connectivity index (χ1v) is 6.06. The van der Waals surface area contributed by atoms with Gasteiger partial charge in [-0.25, -0.2) is 0 Å². The molecule has 0 aliphatic carbocycles. The summed E-state index contributed by atoms with van der Waals surface area (Å²) >= 11 is 4.89. The Hall–Kier alpha value is -2.35. The van der Waals surface area contributed by atoms with Crippen LogP contribution in [0.1, 0.15) is 10.4 Å². The minimum absolute atomic E-state index is 0.0399. The molecule has 0 saturated carbocycles. The minimum Gasteiger partial charge on any atom is -0.468 e. The average Bonchev–Trinajstić information content (AvgIpc) is 2.91. The van der Waals surface area contributed by atoms with Crippen LogP contribution in [0.4, 0.5) is 0 Å². The van der Waals surface area contributed by atoms with Crippen LogP contribution >= 0.6 is 12.2 Å². The van der Waals surface area contributed by atoms with Crippen molar-refractivity contribution in [3.05, 3.63) is 23.8 Å². The predicted molar refractivity (Wildman–Crippen MR) is 72.6 cm³/mol. The molecule has 2 rings (SSSR count). The Morgan fingerprint density at radius 3 is 2.85 bits per heavy atom. The zero-order valence-corrected chi connectivity index (χ0v) is 11.4. The molecule has 1 aliphatic rings. The predicted octanol–water partition coefficient (Wildman–Crippen LogP) is 0.193. The highest BCUT2D eigenvalue weighted by atomic mass is 32.1. The van der Waals surface area contributed by atoms with E-state index in [0.717, 1.165) is 0 Å². The zero-order chi connectivity index (χ0) is 14.5. The molecule has 0 atom stereocenters. The molecular weight excluding hydrogens is 284 g/mol. The molecule has 2 N–H and O–H groups in total. The lowest BCUT2D eigenvalue weighted by Crippen LogP contribution is -2.41. The quantitative estimate of drug-likeness (QED) is 0.608. The highest BCUT2D eigenvalue weighted by Crippen LogP contribution is 2.32. The molecule has 0 radical (unpaired) electrons. The SMILES string of the molecule is COC(=O)CNC(=S)NC(=O)c1ccc2c(c1)OCO2. The first kappa shape index (κ1) is 14.1. The van der Waals surface area contributed by atoms with Crippen LogP contribution in [0.3, 0.4) is 0 Å². The van der Waals surface area contributed by atoms with Crippen LogP contribution in [0.5, 0.6) is 11.5 Å². The van der Waals surface area contributed by atoms with Gasteiger partial charge in [-0.3, -0.25) is 14.9 Å². The van der Waals surface area contributed by atoms with Crippen LogP contribution < -0.4 is 20.1 Å². The summed E-state index contributed by atoms with van der Waals surface area (Å²) in [5, 5.41) is 5.04. The molecule has 0 aromatic heterocycles. The second-order valence-corrected chi connectivity index (χ2v) is 4.19. The monoisotopic (exact) mass is 296 g/mol. The van der Waals surface area contributed by atoms with Crippen LogP contribution in [-0.2, 0) is 9.53 Å². The van der Waals surface area contributed by atoms with Gasteiger partial charge in [0.1, 0.15) is 6.54 Å². The molecule has 1 amide bonds. The van der Waals surface area contributed by atoms with E-state index in [0.29, 0.717) is 17.1 Å². The number of carbonyl (C=O) groups excluding carboxylic acids is 2. The van der Waals surface area contributed by atoms with Crippen molar-refractivity contribution >= 4 is 29.2 Å². The number of methoxy groups -OCH3 is 1. The minimum atomic E-state index is -0.482. The first-order valence-electron chi connectivity index (χ1n) is 5.66. The van der Waals surface area contributed by atoms with Crippen molar-refractivity contribution in [2.45, 2.75) is 0 Å². The number of ether oxygens (including phenoxy) is 3. The lowest BCUT2D eigenvalue weighted by atomic mass is 10.2. The van der Waals surface area contributed by atoms with Gasteiger partial charge in [0.15, 0.2) is 16.6 Å². The topological polar surface area (TPSA) is 85.9 Å². The number of nitrogens with one attached hydrogen (secondary N) is 2. The molecule has 0 bridgehead atoms. The Labute approximate surface area is 120 Å². The third-order valence-corrected chi connectivity index (χ3v) is 2.73. The molecule has 1 aromatic rings. The number of benzene rings is 1. The molecule has 0 spiro atoms. The first-order chi connectivity index (χ1) is 9.60. The highest BCUT2D eigenvalue weighted by Gasteiger charge is 2.16. The zero-order valence-electron chi connectivity index (χ0n) is 10.6. The third-order valence-electron chi connectivity index (χ3n) is 2.48. The summed E-state index contributed by atoms with van der Waals surface area (Å²) in [6.07, 6.45) is 0. The number of hydrogen-bond donors (Lipinski definition) is 2. The van der Waals surface area contributed by atoms with Crippen molar-refractivity contribution in [1.82, 2.24) is 10.6 Å². The van der Waals surface area contributed by atoms with Gasteiger partial charge in [0, 0.05) is 5.56 Å². The van der Waals surface area contributed by atoms with Gasteiger partial charge in [0.25, 0.3) is 5.91 Å². The Bertz CT molecular complexity index is 561. The number of esters is 1. The number of hydrogen-bond acceptors (Lipinski definition) is 6. The second kappa shape index (κ2) is 6.20. The Kier molecular flexibility index (Phi) is 4.36. The molecular formula is C12H12N2O5S. The molecule has 1 aliphatic heterocycles. The maximum atomic E-state index is 11.9. The fourth-order valence-electron chi connectivity index (χ4n) is 1.48. The molecule has 20 heavy (non-hydrogen) atoms. The summed E-state index contributed by atoms with van der Waals surface area (Å²) in [4.78, 5) is 22.8. The maximum absolute atomic E-state index is 11.9. The molecule has 0 saturated heterocycles. The van der Waals surface area contributed by atoms with E-state index in [1.165, 1.54) is 7.11 Å². The summed E-state index contributed by atoms with van der Waals surface area (Å²) < 4.78 is 14.8. The molecule has 7 nitrogen and oxygen atoms in total. The summed E-state index contributed by atoms with van der Waals surface area (Å²) in [5.41, 5.74) is 0.372. The van der Waals surface area contributed by atoms with Crippen molar-refractivity contribution in [1.29, 1.82) is 0 Å². The standard InChI is InChI=1S/C12H12N2O5S/c1-17-10(15)5-13-12(20)14-11(16)7-2-3-8-9(4-7)19-6-18-8/h2-4H,5-6H2,1H3,(H2,13,14,16,20). The lowest BCUT2D eigenvalue weighted by molar-refractivity contribution is -0.139. The molecule has 1 heterocycles. The van der Waals surface area contributed by atoms with E-state index in [1.54, 1.807) is 18.2 Å². The van der Waals surface area contributed by atoms with E-state index < -0.39 is 11.9 Å². The number of fused-ring (bicyclic) bond motifs is 1. The van der Waals surface area contributed by atoms with Gasteiger partial charge in [-0.05, 0) is 30.4 Å². The van der Waals surface area contributed by atoms with E-state index in [9.17, 15) is 9.59 Å². The van der Waals surface area contributed by atoms with E-state index in [-0.39, 0.29) is 18.5 Å². The number of carbonyl (C=O) groups is 2. The van der Waals surface area contributed by atoms with Crippen molar-refractivity contribution in [3.8, 4) is 11.5 Å². The van der Waals surface area contributed by atoms with Crippen LogP contribution in [0.15, 0.2) is 18.2 Å². The molecule has 1 aromatic carbocycles. The average molecular weight is 296 g/mol. The van der Waals surface area contributed by atoms with Gasteiger partial charge >= 0.3 is 5.97 Å². The Morgan fingerprint density at radius 1 is 1.35 bits per heavy atom. The van der Waals surface area contributed by atoms with Gasteiger partial charge in [-0.2, -0.15) is 0 Å². The highest BCUT2D eigenvalue weighted by molar-refractivity contribution is 7.80. The molecule has 106 valence electrons. The van der Waals surface area contributed by atoms with E-state index in [4.69, 9.17) is 21.7 Å². The van der Waals surface area contributed by atoms with Crippen molar-refractivity contribution in [2.24, 2.45) is 0 Å². The van der Waals surface area contributed by atoms with E-state index >= 15 is 0 Å². The largest absolute Gasteiger partial charge is 0.468 e. The fourth-order valence-corrected chi connectivity index (χ4v) is 1.65. The van der Waals surface area contributed by atoms with Crippen LogP contribution in [0.2, 0.25) is 0 Å². The second-order valence-electron chi connectivity index (χ2n) is 3.78. The van der Waals surface area contributed by atoms with Gasteiger partial charge in [0.05, 0.1) is 7.11 Å². The van der Waals surface area contributed by atoms with Crippen molar-refractivity contribution in [2.75, 3.05) is 20.4 Å². The Morgan fingerprint density at radius 2 is 2.10 bits per heavy atom. The third kappa shape index (κ3) is 3.35. The lowest BCUT2D eigenvalue weighted by Gasteiger charge is -2.08. The van der Waals surface area contributed by atoms with E-state index in [2.05, 4.69) is 15.4 Å². The van der Waals surface area contributed by atoms with Crippen LogP contribution in [-0.4, -0.2) is 37.4 Å². The smallest absolute Gasteiger partial charge is 0.325 e. The summed E-state index contributed by atoms with van der Waals surface area (Å²) in [6.45, 7) is 0.0241.